The molecule has 1 aliphatic rings. The van der Waals surface area contributed by atoms with E-state index in [2.05, 4.69) is 14.7 Å². The molecule has 0 atom stereocenters. The average molecular weight is 451 g/mol. The first-order valence-electron chi connectivity index (χ1n) is 9.20. The lowest BCUT2D eigenvalue weighted by molar-refractivity contribution is -0.139. The first-order valence-corrected chi connectivity index (χ1v) is 10.4. The second-order valence-electron chi connectivity index (χ2n) is 6.91. The van der Waals surface area contributed by atoms with Crippen LogP contribution in [0.25, 0.3) is 10.7 Å². The molecule has 0 amide bonds. The minimum atomic E-state index is -2.83. The van der Waals surface area contributed by atoms with E-state index in [0.29, 0.717) is 27.2 Å². The van der Waals surface area contributed by atoms with Crippen molar-refractivity contribution in [2.75, 3.05) is 7.11 Å². The van der Waals surface area contributed by atoms with Crippen molar-refractivity contribution in [1.82, 2.24) is 9.97 Å². The molecule has 156 valence electrons. The number of alkyl halides is 2. The predicted molar refractivity (Wildman–Crippen MR) is 110 cm³/mol. The summed E-state index contributed by atoms with van der Waals surface area (Å²) in [6.07, 6.45) is -0.451. The Kier molecular flexibility index (Phi) is 5.71. The highest BCUT2D eigenvalue weighted by Gasteiger charge is 2.37. The van der Waals surface area contributed by atoms with Gasteiger partial charge in [-0.1, -0.05) is 23.7 Å². The number of aromatic nitrogens is 2. The van der Waals surface area contributed by atoms with Gasteiger partial charge in [-0.15, -0.1) is 11.3 Å². The number of aryl methyl sites for hydroxylation is 1. The van der Waals surface area contributed by atoms with Crippen molar-refractivity contribution >= 4 is 28.9 Å². The SMILES string of the molecule is COC(=O)Cc1ccc(Oc2nc(-c3ccc(Cl)s3)nc3c2CC(F)(F)CC3)cc1. The molecule has 0 spiro atoms. The van der Waals surface area contributed by atoms with Crippen molar-refractivity contribution < 1.29 is 23.0 Å². The molecule has 4 rings (SSSR count). The summed E-state index contributed by atoms with van der Waals surface area (Å²) in [6.45, 7) is 0. The summed E-state index contributed by atoms with van der Waals surface area (Å²) in [5.41, 5.74) is 1.63. The van der Waals surface area contributed by atoms with Crippen LogP contribution in [0.4, 0.5) is 8.78 Å². The summed E-state index contributed by atoms with van der Waals surface area (Å²) in [5, 5.41) is 0. The van der Waals surface area contributed by atoms with Crippen LogP contribution < -0.4 is 4.74 Å². The quantitative estimate of drug-likeness (QED) is 0.481. The Morgan fingerprint density at radius 1 is 1.20 bits per heavy atom. The summed E-state index contributed by atoms with van der Waals surface area (Å²) in [5.74, 6) is -2.25. The first-order chi connectivity index (χ1) is 14.3. The molecule has 30 heavy (non-hydrogen) atoms. The first kappa shape index (κ1) is 20.7. The lowest BCUT2D eigenvalue weighted by Gasteiger charge is -2.25. The predicted octanol–water partition coefficient (Wildman–Crippen LogP) is 5.49. The summed E-state index contributed by atoms with van der Waals surface area (Å²) >= 11 is 7.33. The molecule has 1 aromatic carbocycles. The number of rotatable bonds is 5. The number of hydrogen-bond acceptors (Lipinski definition) is 6. The standard InChI is InChI=1S/C21H17ClF2N2O3S/c1-28-18(27)10-12-2-4-13(5-3-12)29-20-14-11-21(23,24)9-8-15(14)25-19(26-20)16-6-7-17(22)30-16/h2-7H,8-11H2,1H3. The molecule has 0 unspecified atom stereocenters. The smallest absolute Gasteiger partial charge is 0.309 e. The van der Waals surface area contributed by atoms with Gasteiger partial charge in [-0.2, -0.15) is 4.98 Å². The molecule has 0 saturated carbocycles. The summed E-state index contributed by atoms with van der Waals surface area (Å²) in [6, 6.07) is 10.3. The van der Waals surface area contributed by atoms with Crippen LogP contribution in [-0.4, -0.2) is 29.0 Å². The van der Waals surface area contributed by atoms with Gasteiger partial charge in [0.15, 0.2) is 5.82 Å². The highest BCUT2D eigenvalue weighted by molar-refractivity contribution is 7.19. The van der Waals surface area contributed by atoms with Crippen molar-refractivity contribution in [3.8, 4) is 22.3 Å². The van der Waals surface area contributed by atoms with Gasteiger partial charge in [0.2, 0.25) is 5.88 Å². The molecule has 0 aliphatic heterocycles. The zero-order chi connectivity index (χ0) is 21.3. The highest BCUT2D eigenvalue weighted by atomic mass is 35.5. The number of esters is 1. The second kappa shape index (κ2) is 8.28. The van der Waals surface area contributed by atoms with E-state index in [0.717, 1.165) is 10.4 Å². The van der Waals surface area contributed by atoms with E-state index in [1.54, 1.807) is 36.4 Å². The van der Waals surface area contributed by atoms with Gasteiger partial charge < -0.3 is 9.47 Å². The van der Waals surface area contributed by atoms with Crippen molar-refractivity contribution in [3.05, 3.63) is 57.6 Å². The van der Waals surface area contributed by atoms with Gasteiger partial charge in [0.05, 0.1) is 28.4 Å². The van der Waals surface area contributed by atoms with Crippen molar-refractivity contribution in [1.29, 1.82) is 0 Å². The van der Waals surface area contributed by atoms with Gasteiger partial charge in [0.25, 0.3) is 5.92 Å². The minimum absolute atomic E-state index is 0.111. The molecule has 5 nitrogen and oxygen atoms in total. The topological polar surface area (TPSA) is 61.3 Å². The molecule has 0 radical (unpaired) electrons. The van der Waals surface area contributed by atoms with E-state index in [4.69, 9.17) is 16.3 Å². The second-order valence-corrected chi connectivity index (χ2v) is 8.63. The number of ether oxygens (including phenoxy) is 2. The lowest BCUT2D eigenvalue weighted by atomic mass is 9.93. The van der Waals surface area contributed by atoms with Crippen LogP contribution in [0.1, 0.15) is 23.2 Å². The Balaban J connectivity index is 1.68. The number of hydrogen-bond donors (Lipinski definition) is 0. The number of nitrogens with zero attached hydrogens (tertiary/aromatic N) is 2. The van der Waals surface area contributed by atoms with Crippen molar-refractivity contribution in [2.45, 2.75) is 31.6 Å². The maximum atomic E-state index is 14.1. The van der Waals surface area contributed by atoms with Crippen LogP contribution in [0.5, 0.6) is 11.6 Å². The maximum absolute atomic E-state index is 14.1. The number of thiophene rings is 1. The van der Waals surface area contributed by atoms with Gasteiger partial charge in [-0.25, -0.2) is 13.8 Å². The molecule has 2 heterocycles. The third-order valence-corrected chi connectivity index (χ3v) is 5.95. The number of carbonyl (C=O) groups excluding carboxylic acids is 1. The van der Waals surface area contributed by atoms with Gasteiger partial charge in [-0.3, -0.25) is 4.79 Å². The molecule has 0 bridgehead atoms. The number of benzene rings is 1. The van der Waals surface area contributed by atoms with Gasteiger partial charge in [-0.05, 0) is 36.2 Å². The Bertz CT molecular complexity index is 1090. The molecule has 0 saturated heterocycles. The van der Waals surface area contributed by atoms with E-state index in [1.165, 1.54) is 18.4 Å². The average Bonchev–Trinajstić information content (AvgIpc) is 3.15. The molecular weight excluding hydrogens is 434 g/mol. The van der Waals surface area contributed by atoms with E-state index < -0.39 is 12.3 Å². The Hall–Kier alpha value is -2.58. The van der Waals surface area contributed by atoms with Crippen LogP contribution in [0, 0.1) is 0 Å². The molecule has 3 aromatic rings. The fourth-order valence-corrected chi connectivity index (χ4v) is 4.17. The van der Waals surface area contributed by atoms with E-state index in [9.17, 15) is 13.6 Å². The van der Waals surface area contributed by atoms with Gasteiger partial charge in [0, 0.05) is 18.4 Å². The fourth-order valence-electron chi connectivity index (χ4n) is 3.20. The van der Waals surface area contributed by atoms with Crippen molar-refractivity contribution in [3.63, 3.8) is 0 Å². The zero-order valence-corrected chi connectivity index (χ0v) is 17.5. The summed E-state index contributed by atoms with van der Waals surface area (Å²) in [4.78, 5) is 21.1. The maximum Gasteiger partial charge on any atom is 0.309 e. The Morgan fingerprint density at radius 3 is 2.63 bits per heavy atom. The largest absolute Gasteiger partial charge is 0.469 e. The molecule has 2 aromatic heterocycles. The third-order valence-electron chi connectivity index (χ3n) is 4.73. The monoisotopic (exact) mass is 450 g/mol. The van der Waals surface area contributed by atoms with Crippen LogP contribution in [0.15, 0.2) is 36.4 Å². The number of carbonyl (C=O) groups is 1. The van der Waals surface area contributed by atoms with Crippen LogP contribution in [0.2, 0.25) is 4.34 Å². The zero-order valence-electron chi connectivity index (χ0n) is 16.0. The number of fused-ring (bicyclic) bond motifs is 1. The highest BCUT2D eigenvalue weighted by Crippen LogP contribution is 2.39. The van der Waals surface area contributed by atoms with E-state index in [1.807, 2.05) is 0 Å². The molecule has 0 N–H and O–H groups in total. The van der Waals surface area contributed by atoms with Crippen LogP contribution in [0.3, 0.4) is 0 Å². The lowest BCUT2D eigenvalue weighted by Crippen LogP contribution is -2.27. The number of methoxy groups -OCH3 is 1. The Morgan fingerprint density at radius 2 is 1.97 bits per heavy atom. The minimum Gasteiger partial charge on any atom is -0.469 e. The van der Waals surface area contributed by atoms with E-state index in [-0.39, 0.29) is 31.1 Å². The molecule has 0 fully saturated rings. The normalized spacial score (nSPS) is 14.8. The summed E-state index contributed by atoms with van der Waals surface area (Å²) < 4.78 is 39.3. The molecule has 9 heteroatoms. The molecule has 1 aliphatic carbocycles. The van der Waals surface area contributed by atoms with Crippen LogP contribution >= 0.6 is 22.9 Å². The van der Waals surface area contributed by atoms with E-state index >= 15 is 0 Å². The van der Waals surface area contributed by atoms with Gasteiger partial charge in [0.1, 0.15) is 5.75 Å². The fraction of sp³-hybridized carbons (Fsp3) is 0.286. The summed E-state index contributed by atoms with van der Waals surface area (Å²) in [7, 11) is 1.33. The van der Waals surface area contributed by atoms with Crippen molar-refractivity contribution in [2.24, 2.45) is 0 Å². The Labute approximate surface area is 180 Å². The van der Waals surface area contributed by atoms with Gasteiger partial charge >= 0.3 is 5.97 Å². The molecular formula is C21H17ClF2N2O3S. The number of halogens is 3. The van der Waals surface area contributed by atoms with Crippen LogP contribution in [-0.2, 0) is 28.8 Å². The third kappa shape index (κ3) is 4.60.